The Balaban J connectivity index is 2.15. The van der Waals surface area contributed by atoms with Crippen molar-refractivity contribution in [1.29, 1.82) is 0 Å². The Morgan fingerprint density at radius 2 is 1.61 bits per heavy atom. The normalized spacial score (nSPS) is 12.4. The minimum absolute atomic E-state index is 0.508. The smallest absolute Gasteiger partial charge is 0.0830 e. The molecule has 0 aromatic heterocycles. The largest absolute Gasteiger partial charge is 0.388 e. The first-order valence-electron chi connectivity index (χ1n) is 5.44. The van der Waals surface area contributed by atoms with Crippen LogP contribution in [0.25, 0.3) is 0 Å². The molecular formula is C14H11Br2ClO. The summed E-state index contributed by atoms with van der Waals surface area (Å²) in [4.78, 5) is 0. The maximum Gasteiger partial charge on any atom is 0.0830 e. The monoisotopic (exact) mass is 388 g/mol. The van der Waals surface area contributed by atoms with Gasteiger partial charge in [0.1, 0.15) is 0 Å². The Morgan fingerprint density at radius 3 is 2.22 bits per heavy atom. The molecule has 2 rings (SSSR count). The molecule has 0 amide bonds. The number of hydrogen-bond acceptors (Lipinski definition) is 1. The van der Waals surface area contributed by atoms with E-state index in [0.717, 1.165) is 20.1 Å². The highest BCUT2D eigenvalue weighted by Crippen LogP contribution is 2.26. The molecule has 0 bridgehead atoms. The second-order valence-electron chi connectivity index (χ2n) is 4.01. The van der Waals surface area contributed by atoms with E-state index in [0.29, 0.717) is 11.4 Å². The molecule has 0 spiro atoms. The number of benzene rings is 2. The van der Waals surface area contributed by atoms with Gasteiger partial charge in [-0.1, -0.05) is 61.7 Å². The van der Waals surface area contributed by atoms with Gasteiger partial charge in [0.15, 0.2) is 0 Å². The molecular weight excluding hydrogens is 379 g/mol. The minimum atomic E-state index is -0.545. The number of rotatable bonds is 3. The summed E-state index contributed by atoms with van der Waals surface area (Å²) in [6.07, 6.45) is -0.0370. The fourth-order valence-corrected chi connectivity index (χ4v) is 2.71. The van der Waals surface area contributed by atoms with E-state index in [1.807, 2.05) is 42.5 Å². The summed E-state index contributed by atoms with van der Waals surface area (Å²) in [7, 11) is 0. The van der Waals surface area contributed by atoms with E-state index < -0.39 is 6.10 Å². The molecule has 2 aromatic carbocycles. The van der Waals surface area contributed by atoms with Crippen LogP contribution in [0.4, 0.5) is 0 Å². The average molecular weight is 391 g/mol. The molecule has 2 aromatic rings. The molecule has 1 nitrogen and oxygen atoms in total. The lowest BCUT2D eigenvalue weighted by Gasteiger charge is -2.12. The summed E-state index contributed by atoms with van der Waals surface area (Å²) in [6, 6.07) is 13.3. The fraction of sp³-hybridized carbons (Fsp3) is 0.143. The van der Waals surface area contributed by atoms with Crippen molar-refractivity contribution in [2.24, 2.45) is 0 Å². The standard InChI is InChI=1S/C14H11Br2ClO/c15-11-4-1-9(2-5-11)14(18)7-10-3-6-12(16)8-13(10)17/h1-6,8,14,18H,7H2. The van der Waals surface area contributed by atoms with Gasteiger partial charge >= 0.3 is 0 Å². The zero-order valence-electron chi connectivity index (χ0n) is 9.41. The second-order valence-corrected chi connectivity index (χ2v) is 6.25. The third-order valence-electron chi connectivity index (χ3n) is 2.68. The van der Waals surface area contributed by atoms with E-state index in [2.05, 4.69) is 31.9 Å². The van der Waals surface area contributed by atoms with Gasteiger partial charge in [-0.3, -0.25) is 0 Å². The summed E-state index contributed by atoms with van der Waals surface area (Å²) >= 11 is 12.9. The predicted octanol–water partition coefficient (Wildman–Crippen LogP) is 5.14. The van der Waals surface area contributed by atoms with Crippen molar-refractivity contribution in [2.45, 2.75) is 12.5 Å². The van der Waals surface area contributed by atoms with Gasteiger partial charge in [-0.15, -0.1) is 0 Å². The molecule has 18 heavy (non-hydrogen) atoms. The summed E-state index contributed by atoms with van der Waals surface area (Å²) in [5.74, 6) is 0. The van der Waals surface area contributed by atoms with E-state index >= 15 is 0 Å². The van der Waals surface area contributed by atoms with E-state index in [1.54, 1.807) is 0 Å². The molecule has 0 radical (unpaired) electrons. The molecule has 0 saturated carbocycles. The minimum Gasteiger partial charge on any atom is -0.388 e. The number of aliphatic hydroxyl groups excluding tert-OH is 1. The summed E-state index contributed by atoms with van der Waals surface area (Å²) < 4.78 is 1.94. The van der Waals surface area contributed by atoms with Crippen molar-refractivity contribution in [3.63, 3.8) is 0 Å². The topological polar surface area (TPSA) is 20.2 Å². The van der Waals surface area contributed by atoms with Gasteiger partial charge in [-0.25, -0.2) is 0 Å². The van der Waals surface area contributed by atoms with Gasteiger partial charge in [0, 0.05) is 20.4 Å². The first-order chi connectivity index (χ1) is 8.56. The van der Waals surface area contributed by atoms with E-state index in [9.17, 15) is 5.11 Å². The van der Waals surface area contributed by atoms with Gasteiger partial charge in [-0.05, 0) is 35.4 Å². The van der Waals surface area contributed by atoms with Crippen LogP contribution in [0.1, 0.15) is 17.2 Å². The van der Waals surface area contributed by atoms with Crippen molar-refractivity contribution in [3.05, 3.63) is 67.6 Å². The zero-order chi connectivity index (χ0) is 13.1. The molecule has 4 heteroatoms. The molecule has 0 aliphatic rings. The van der Waals surface area contributed by atoms with Crippen LogP contribution in [0.5, 0.6) is 0 Å². The van der Waals surface area contributed by atoms with Crippen LogP contribution in [0.15, 0.2) is 51.4 Å². The fourth-order valence-electron chi connectivity index (χ4n) is 1.70. The Labute approximate surface area is 128 Å². The van der Waals surface area contributed by atoms with E-state index in [4.69, 9.17) is 11.6 Å². The molecule has 0 aliphatic heterocycles. The molecule has 1 N–H and O–H groups in total. The average Bonchev–Trinajstić information content (AvgIpc) is 2.33. The van der Waals surface area contributed by atoms with Crippen LogP contribution in [-0.4, -0.2) is 5.11 Å². The first-order valence-corrected chi connectivity index (χ1v) is 7.40. The lowest BCUT2D eigenvalue weighted by Crippen LogP contribution is -2.02. The van der Waals surface area contributed by atoms with E-state index in [1.165, 1.54) is 0 Å². The highest BCUT2D eigenvalue weighted by Gasteiger charge is 2.11. The maximum atomic E-state index is 10.2. The van der Waals surface area contributed by atoms with Crippen molar-refractivity contribution in [2.75, 3.05) is 0 Å². The Hall–Kier alpha value is -0.350. The zero-order valence-corrected chi connectivity index (χ0v) is 13.3. The summed E-state index contributed by atoms with van der Waals surface area (Å²) in [5, 5.41) is 10.8. The molecule has 0 heterocycles. The highest BCUT2D eigenvalue weighted by atomic mass is 79.9. The van der Waals surface area contributed by atoms with Gasteiger partial charge in [-0.2, -0.15) is 0 Å². The number of halogens is 3. The molecule has 0 aliphatic carbocycles. The number of hydrogen-bond donors (Lipinski definition) is 1. The second kappa shape index (κ2) is 6.20. The summed E-state index contributed by atoms with van der Waals surface area (Å²) in [6.45, 7) is 0. The Kier molecular flexibility index (Phi) is 4.84. The van der Waals surface area contributed by atoms with Crippen LogP contribution in [0.3, 0.4) is 0 Å². The molecule has 1 unspecified atom stereocenters. The molecule has 0 saturated heterocycles. The number of aliphatic hydroxyl groups is 1. The van der Waals surface area contributed by atoms with Crippen molar-refractivity contribution in [3.8, 4) is 0 Å². The lowest BCUT2D eigenvalue weighted by molar-refractivity contribution is 0.178. The molecule has 1 atom stereocenters. The maximum absolute atomic E-state index is 10.2. The van der Waals surface area contributed by atoms with Crippen LogP contribution in [0, 0.1) is 0 Å². The van der Waals surface area contributed by atoms with Crippen LogP contribution in [-0.2, 0) is 6.42 Å². The van der Waals surface area contributed by atoms with Gasteiger partial charge in [0.25, 0.3) is 0 Å². The third-order valence-corrected chi connectivity index (χ3v) is 4.06. The lowest BCUT2D eigenvalue weighted by atomic mass is 10.0. The molecule has 94 valence electrons. The summed E-state index contributed by atoms with van der Waals surface area (Å²) in [5.41, 5.74) is 1.83. The van der Waals surface area contributed by atoms with Crippen molar-refractivity contribution in [1.82, 2.24) is 0 Å². The highest BCUT2D eigenvalue weighted by molar-refractivity contribution is 9.10. The van der Waals surface area contributed by atoms with Crippen LogP contribution < -0.4 is 0 Å². The Bertz CT molecular complexity index is 540. The van der Waals surface area contributed by atoms with Crippen molar-refractivity contribution >= 4 is 43.5 Å². The first kappa shape index (κ1) is 14.1. The van der Waals surface area contributed by atoms with Gasteiger partial charge in [0.05, 0.1) is 6.10 Å². The van der Waals surface area contributed by atoms with E-state index in [-0.39, 0.29) is 0 Å². The SMILES string of the molecule is OC(Cc1ccc(Br)cc1Cl)c1ccc(Br)cc1. The third kappa shape index (κ3) is 3.58. The predicted molar refractivity (Wildman–Crippen MR) is 82.0 cm³/mol. The van der Waals surface area contributed by atoms with Gasteiger partial charge < -0.3 is 5.11 Å². The van der Waals surface area contributed by atoms with Crippen molar-refractivity contribution < 1.29 is 5.11 Å². The quantitative estimate of drug-likeness (QED) is 0.769. The van der Waals surface area contributed by atoms with Crippen LogP contribution in [0.2, 0.25) is 5.02 Å². The van der Waals surface area contributed by atoms with Gasteiger partial charge in [0.2, 0.25) is 0 Å². The van der Waals surface area contributed by atoms with Crippen LogP contribution >= 0.6 is 43.5 Å². The molecule has 0 fully saturated rings. The Morgan fingerprint density at radius 1 is 1.00 bits per heavy atom.